The monoisotopic (exact) mass is 340 g/mol. The van der Waals surface area contributed by atoms with Crippen molar-refractivity contribution >= 4 is 33.7 Å². The molecule has 0 aliphatic carbocycles. The minimum atomic E-state index is -0.717. The van der Waals surface area contributed by atoms with Gasteiger partial charge in [-0.2, -0.15) is 0 Å². The zero-order valence-electron chi connectivity index (χ0n) is 10.3. The number of imide groups is 1. The Morgan fingerprint density at radius 2 is 2.05 bits per heavy atom. The van der Waals surface area contributed by atoms with Crippen LogP contribution in [0.2, 0.25) is 0 Å². The quantitative estimate of drug-likeness (QED) is 0.785. The molecule has 0 aromatic heterocycles. The van der Waals surface area contributed by atoms with Gasteiger partial charge in [0.25, 0.3) is 5.91 Å². The summed E-state index contributed by atoms with van der Waals surface area (Å²) < 4.78 is 14.3. The van der Waals surface area contributed by atoms with Gasteiger partial charge in [-0.25, -0.2) is 4.39 Å². The van der Waals surface area contributed by atoms with E-state index in [9.17, 15) is 18.8 Å². The van der Waals surface area contributed by atoms with E-state index in [1.54, 1.807) is 0 Å². The summed E-state index contributed by atoms with van der Waals surface area (Å²) >= 11 is 3.08. The van der Waals surface area contributed by atoms with Gasteiger partial charge in [0.2, 0.25) is 11.8 Å². The molecule has 2 heterocycles. The van der Waals surface area contributed by atoms with Gasteiger partial charge < -0.3 is 4.90 Å². The van der Waals surface area contributed by atoms with E-state index in [-0.39, 0.29) is 46.8 Å². The van der Waals surface area contributed by atoms with E-state index in [4.69, 9.17) is 0 Å². The highest BCUT2D eigenvalue weighted by molar-refractivity contribution is 9.10. The summed E-state index contributed by atoms with van der Waals surface area (Å²) in [5.41, 5.74) is 0.560. The molecule has 0 bridgehead atoms. The number of nitrogens with one attached hydrogen (secondary N) is 1. The number of halogens is 2. The largest absolute Gasteiger partial charge is 0.322 e. The van der Waals surface area contributed by atoms with E-state index in [1.807, 2.05) is 0 Å². The first-order chi connectivity index (χ1) is 9.49. The summed E-state index contributed by atoms with van der Waals surface area (Å²) in [4.78, 5) is 36.5. The molecule has 104 valence electrons. The lowest BCUT2D eigenvalue weighted by atomic mass is 10.0. The molecule has 1 fully saturated rings. The van der Waals surface area contributed by atoms with Crippen molar-refractivity contribution in [3.8, 4) is 0 Å². The van der Waals surface area contributed by atoms with Crippen LogP contribution in [-0.2, 0) is 16.1 Å². The lowest BCUT2D eigenvalue weighted by Crippen LogP contribution is -2.52. The summed E-state index contributed by atoms with van der Waals surface area (Å²) in [7, 11) is 0. The Morgan fingerprint density at radius 3 is 2.75 bits per heavy atom. The molecule has 2 aliphatic rings. The minimum absolute atomic E-state index is 0.0473. The number of benzene rings is 1. The predicted molar refractivity (Wildman–Crippen MR) is 70.1 cm³/mol. The number of carbonyl (C=O) groups is 3. The molecule has 3 amide bonds. The van der Waals surface area contributed by atoms with Crippen molar-refractivity contribution in [2.24, 2.45) is 0 Å². The van der Waals surface area contributed by atoms with Crippen LogP contribution in [0.4, 0.5) is 4.39 Å². The molecule has 0 saturated carbocycles. The van der Waals surface area contributed by atoms with Crippen molar-refractivity contribution in [3.05, 3.63) is 33.5 Å². The summed E-state index contributed by atoms with van der Waals surface area (Å²) in [6, 6.07) is 2.29. The number of amides is 3. The third-order valence-corrected chi connectivity index (χ3v) is 4.21. The smallest absolute Gasteiger partial charge is 0.255 e. The fourth-order valence-electron chi connectivity index (χ4n) is 2.58. The van der Waals surface area contributed by atoms with Crippen LogP contribution in [0, 0.1) is 5.82 Å². The van der Waals surface area contributed by atoms with Crippen LogP contribution in [0.25, 0.3) is 0 Å². The standard InChI is InChI=1S/C13H10BrFN2O3/c14-8-2-1-6-7(11(8)15)5-17(13(6)20)9-3-4-10(18)16-12(9)19/h1-2,9H,3-5H2,(H,16,18,19). The molecule has 0 radical (unpaired) electrons. The number of rotatable bonds is 1. The van der Waals surface area contributed by atoms with E-state index >= 15 is 0 Å². The average Bonchev–Trinajstić information content (AvgIpc) is 2.72. The van der Waals surface area contributed by atoms with Crippen molar-refractivity contribution in [2.75, 3.05) is 0 Å². The number of nitrogens with zero attached hydrogens (tertiary/aromatic N) is 1. The van der Waals surface area contributed by atoms with Crippen molar-refractivity contribution < 1.29 is 18.8 Å². The van der Waals surface area contributed by atoms with Crippen LogP contribution in [0.15, 0.2) is 16.6 Å². The Labute approximate surface area is 122 Å². The van der Waals surface area contributed by atoms with Gasteiger partial charge in [-0.3, -0.25) is 19.7 Å². The van der Waals surface area contributed by atoms with Crippen molar-refractivity contribution in [2.45, 2.75) is 25.4 Å². The van der Waals surface area contributed by atoms with Gasteiger partial charge in [0.15, 0.2) is 0 Å². The van der Waals surface area contributed by atoms with Crippen LogP contribution < -0.4 is 5.32 Å². The van der Waals surface area contributed by atoms with Gasteiger partial charge in [0.1, 0.15) is 11.9 Å². The maximum atomic E-state index is 14.0. The predicted octanol–water partition coefficient (Wildman–Crippen LogP) is 1.35. The number of hydrogen-bond donors (Lipinski definition) is 1. The van der Waals surface area contributed by atoms with Crippen LogP contribution in [0.1, 0.15) is 28.8 Å². The summed E-state index contributed by atoms with van der Waals surface area (Å²) in [6.07, 6.45) is 0.454. The van der Waals surface area contributed by atoms with Gasteiger partial charge in [-0.1, -0.05) is 0 Å². The van der Waals surface area contributed by atoms with Crippen LogP contribution >= 0.6 is 15.9 Å². The molecule has 0 spiro atoms. The maximum Gasteiger partial charge on any atom is 0.255 e. The van der Waals surface area contributed by atoms with Crippen molar-refractivity contribution in [3.63, 3.8) is 0 Å². The summed E-state index contributed by atoms with van der Waals surface area (Å²) in [5, 5.41) is 2.20. The SMILES string of the molecule is O=C1CCC(N2Cc3c(ccc(Br)c3F)C2=O)C(=O)N1. The van der Waals surface area contributed by atoms with E-state index in [2.05, 4.69) is 21.2 Å². The summed E-state index contributed by atoms with van der Waals surface area (Å²) in [5.74, 6) is -1.70. The van der Waals surface area contributed by atoms with Gasteiger partial charge in [0, 0.05) is 17.5 Å². The first kappa shape index (κ1) is 13.2. The number of hydrogen-bond acceptors (Lipinski definition) is 3. The Balaban J connectivity index is 1.92. The normalized spacial score (nSPS) is 22.0. The molecule has 3 rings (SSSR count). The van der Waals surface area contributed by atoms with E-state index in [0.717, 1.165) is 0 Å². The van der Waals surface area contributed by atoms with Gasteiger partial charge in [-0.15, -0.1) is 0 Å². The second-order valence-corrected chi connectivity index (χ2v) is 5.64. The number of fused-ring (bicyclic) bond motifs is 1. The second-order valence-electron chi connectivity index (χ2n) is 4.79. The zero-order valence-corrected chi connectivity index (χ0v) is 11.9. The molecule has 1 N–H and O–H groups in total. The van der Waals surface area contributed by atoms with Crippen molar-refractivity contribution in [1.29, 1.82) is 0 Å². The number of carbonyl (C=O) groups excluding carboxylic acids is 3. The molecule has 1 saturated heterocycles. The average molecular weight is 341 g/mol. The first-order valence-electron chi connectivity index (χ1n) is 6.10. The molecule has 1 aromatic carbocycles. The minimum Gasteiger partial charge on any atom is -0.322 e. The molecule has 2 aliphatic heterocycles. The highest BCUT2D eigenvalue weighted by Gasteiger charge is 2.40. The zero-order chi connectivity index (χ0) is 14.4. The van der Waals surface area contributed by atoms with Gasteiger partial charge in [-0.05, 0) is 34.5 Å². The molecular weight excluding hydrogens is 331 g/mol. The molecular formula is C13H10BrFN2O3. The molecule has 1 aromatic rings. The van der Waals surface area contributed by atoms with E-state index in [0.29, 0.717) is 0 Å². The van der Waals surface area contributed by atoms with Crippen LogP contribution in [0.5, 0.6) is 0 Å². The Bertz CT molecular complexity index is 647. The van der Waals surface area contributed by atoms with Gasteiger partial charge >= 0.3 is 0 Å². The summed E-state index contributed by atoms with van der Waals surface area (Å²) in [6.45, 7) is 0.0473. The lowest BCUT2D eigenvalue weighted by Gasteiger charge is -2.29. The van der Waals surface area contributed by atoms with Crippen molar-refractivity contribution in [1.82, 2.24) is 10.2 Å². The maximum absolute atomic E-state index is 14.0. The Morgan fingerprint density at radius 1 is 1.30 bits per heavy atom. The topological polar surface area (TPSA) is 66.5 Å². The third kappa shape index (κ3) is 1.93. The first-order valence-corrected chi connectivity index (χ1v) is 6.90. The van der Waals surface area contributed by atoms with E-state index in [1.165, 1.54) is 17.0 Å². The molecule has 1 atom stereocenters. The fraction of sp³-hybridized carbons (Fsp3) is 0.308. The molecule has 7 heteroatoms. The highest BCUT2D eigenvalue weighted by Crippen LogP contribution is 2.32. The lowest BCUT2D eigenvalue weighted by molar-refractivity contribution is -0.136. The van der Waals surface area contributed by atoms with Gasteiger partial charge in [0.05, 0.1) is 11.0 Å². The fourth-order valence-corrected chi connectivity index (χ4v) is 2.95. The molecule has 20 heavy (non-hydrogen) atoms. The number of piperidine rings is 1. The second kappa shape index (κ2) is 4.66. The Kier molecular flexibility index (Phi) is 3.08. The third-order valence-electron chi connectivity index (χ3n) is 3.60. The van der Waals surface area contributed by atoms with E-state index < -0.39 is 17.8 Å². The Hall–Kier alpha value is -1.76. The van der Waals surface area contributed by atoms with Crippen LogP contribution in [-0.4, -0.2) is 28.7 Å². The van der Waals surface area contributed by atoms with Crippen LogP contribution in [0.3, 0.4) is 0 Å². The highest BCUT2D eigenvalue weighted by atomic mass is 79.9. The molecule has 1 unspecified atom stereocenters. The molecule has 5 nitrogen and oxygen atoms in total.